The summed E-state index contributed by atoms with van der Waals surface area (Å²) in [5.74, 6) is 0.904. The van der Waals surface area contributed by atoms with Crippen molar-refractivity contribution in [2.24, 2.45) is 5.92 Å². The van der Waals surface area contributed by atoms with Gasteiger partial charge in [0, 0.05) is 25.2 Å². The van der Waals surface area contributed by atoms with Crippen LogP contribution in [0.3, 0.4) is 0 Å². The zero-order valence-corrected chi connectivity index (χ0v) is 12.7. The van der Waals surface area contributed by atoms with Crippen molar-refractivity contribution in [2.75, 3.05) is 19.6 Å². The Balaban J connectivity index is 1.80. The standard InChI is InChI=1S/C18H28N2/c1-15-7-5-10-17(13-15)20-12-6-11-19-14-18(20)16-8-3-2-4-9-16/h2-4,8-9,15,17-19H,5-7,10-14H2,1H3. The third kappa shape index (κ3) is 3.24. The highest BCUT2D eigenvalue weighted by Gasteiger charge is 2.31. The van der Waals surface area contributed by atoms with Gasteiger partial charge < -0.3 is 5.32 Å². The Labute approximate surface area is 123 Å². The number of hydrogen-bond donors (Lipinski definition) is 1. The molecule has 110 valence electrons. The third-order valence-electron chi connectivity index (χ3n) is 5.07. The van der Waals surface area contributed by atoms with E-state index in [1.165, 1.54) is 50.8 Å². The molecule has 0 spiro atoms. The molecule has 1 heterocycles. The van der Waals surface area contributed by atoms with Gasteiger partial charge in [-0.3, -0.25) is 4.90 Å². The highest BCUT2D eigenvalue weighted by molar-refractivity contribution is 5.20. The van der Waals surface area contributed by atoms with Crippen molar-refractivity contribution in [1.29, 1.82) is 0 Å². The molecule has 3 rings (SSSR count). The Morgan fingerprint density at radius 1 is 1.10 bits per heavy atom. The van der Waals surface area contributed by atoms with Gasteiger partial charge in [0.05, 0.1) is 0 Å². The average molecular weight is 272 g/mol. The first kappa shape index (κ1) is 14.1. The summed E-state index contributed by atoms with van der Waals surface area (Å²) in [4.78, 5) is 2.81. The minimum Gasteiger partial charge on any atom is -0.315 e. The van der Waals surface area contributed by atoms with Crippen molar-refractivity contribution in [3.63, 3.8) is 0 Å². The van der Waals surface area contributed by atoms with E-state index in [0.717, 1.165) is 18.5 Å². The van der Waals surface area contributed by atoms with Gasteiger partial charge in [0.25, 0.3) is 0 Å². The number of nitrogens with zero attached hydrogens (tertiary/aromatic N) is 1. The molecule has 2 fully saturated rings. The zero-order chi connectivity index (χ0) is 13.8. The summed E-state index contributed by atoms with van der Waals surface area (Å²) in [6, 6.07) is 12.5. The smallest absolute Gasteiger partial charge is 0.0475 e. The molecule has 1 saturated carbocycles. The highest BCUT2D eigenvalue weighted by atomic mass is 15.2. The maximum absolute atomic E-state index is 3.63. The molecule has 1 aliphatic carbocycles. The quantitative estimate of drug-likeness (QED) is 0.885. The molecule has 2 aliphatic rings. The first-order valence-corrected chi connectivity index (χ1v) is 8.36. The van der Waals surface area contributed by atoms with E-state index in [9.17, 15) is 0 Å². The van der Waals surface area contributed by atoms with Crippen LogP contribution in [0.1, 0.15) is 50.6 Å². The fraction of sp³-hybridized carbons (Fsp3) is 0.667. The van der Waals surface area contributed by atoms with E-state index in [-0.39, 0.29) is 0 Å². The summed E-state index contributed by atoms with van der Waals surface area (Å²) in [6.45, 7) is 5.96. The predicted molar refractivity (Wildman–Crippen MR) is 84.8 cm³/mol. The van der Waals surface area contributed by atoms with Gasteiger partial charge in [-0.15, -0.1) is 0 Å². The molecule has 0 aromatic heterocycles. The molecule has 1 saturated heterocycles. The molecule has 20 heavy (non-hydrogen) atoms. The Hall–Kier alpha value is -0.860. The van der Waals surface area contributed by atoms with Gasteiger partial charge in [0.2, 0.25) is 0 Å². The average Bonchev–Trinajstić information content (AvgIpc) is 2.74. The Morgan fingerprint density at radius 2 is 1.95 bits per heavy atom. The van der Waals surface area contributed by atoms with E-state index in [2.05, 4.69) is 47.5 Å². The summed E-state index contributed by atoms with van der Waals surface area (Å²) in [6.07, 6.45) is 6.92. The molecule has 0 radical (unpaired) electrons. The van der Waals surface area contributed by atoms with E-state index in [1.54, 1.807) is 0 Å². The molecule has 2 nitrogen and oxygen atoms in total. The minimum absolute atomic E-state index is 0.564. The van der Waals surface area contributed by atoms with Crippen LogP contribution in [0.4, 0.5) is 0 Å². The lowest BCUT2D eigenvalue weighted by molar-refractivity contribution is 0.0959. The van der Waals surface area contributed by atoms with E-state index in [4.69, 9.17) is 0 Å². The van der Waals surface area contributed by atoms with Gasteiger partial charge >= 0.3 is 0 Å². The molecule has 3 unspecified atom stereocenters. The van der Waals surface area contributed by atoms with Gasteiger partial charge in [0.15, 0.2) is 0 Å². The van der Waals surface area contributed by atoms with Crippen LogP contribution in [0, 0.1) is 5.92 Å². The van der Waals surface area contributed by atoms with Gasteiger partial charge in [-0.25, -0.2) is 0 Å². The first-order valence-electron chi connectivity index (χ1n) is 8.36. The minimum atomic E-state index is 0.564. The van der Waals surface area contributed by atoms with Crippen LogP contribution < -0.4 is 5.32 Å². The Bertz CT molecular complexity index is 403. The Kier molecular flexibility index (Phi) is 4.74. The predicted octanol–water partition coefficient (Wildman–Crippen LogP) is 3.60. The van der Waals surface area contributed by atoms with Crippen molar-refractivity contribution in [3.8, 4) is 0 Å². The van der Waals surface area contributed by atoms with Crippen LogP contribution in [0.15, 0.2) is 30.3 Å². The van der Waals surface area contributed by atoms with Crippen molar-refractivity contribution in [3.05, 3.63) is 35.9 Å². The number of hydrogen-bond acceptors (Lipinski definition) is 2. The van der Waals surface area contributed by atoms with Gasteiger partial charge in [-0.1, -0.05) is 50.1 Å². The fourth-order valence-corrected chi connectivity index (χ4v) is 4.02. The van der Waals surface area contributed by atoms with Gasteiger partial charge in [0.1, 0.15) is 0 Å². The molecule has 1 N–H and O–H groups in total. The second-order valence-corrected chi connectivity index (χ2v) is 6.65. The van der Waals surface area contributed by atoms with E-state index >= 15 is 0 Å². The van der Waals surface area contributed by atoms with E-state index < -0.39 is 0 Å². The van der Waals surface area contributed by atoms with Crippen molar-refractivity contribution in [2.45, 2.75) is 51.1 Å². The number of nitrogens with one attached hydrogen (secondary N) is 1. The van der Waals surface area contributed by atoms with Gasteiger partial charge in [-0.2, -0.15) is 0 Å². The van der Waals surface area contributed by atoms with Crippen molar-refractivity contribution < 1.29 is 0 Å². The molecular weight excluding hydrogens is 244 g/mol. The van der Waals surface area contributed by atoms with E-state index in [1.807, 2.05) is 0 Å². The monoisotopic (exact) mass is 272 g/mol. The van der Waals surface area contributed by atoms with Crippen molar-refractivity contribution in [1.82, 2.24) is 10.2 Å². The lowest BCUT2D eigenvalue weighted by Crippen LogP contribution is -2.42. The Morgan fingerprint density at radius 3 is 2.75 bits per heavy atom. The van der Waals surface area contributed by atoms with Crippen LogP contribution in [0.25, 0.3) is 0 Å². The SMILES string of the molecule is CC1CCCC(N2CCCNCC2c2ccccc2)C1. The zero-order valence-electron chi connectivity index (χ0n) is 12.7. The van der Waals surface area contributed by atoms with Crippen LogP contribution in [-0.4, -0.2) is 30.6 Å². The fourth-order valence-electron chi connectivity index (χ4n) is 4.02. The summed E-state index contributed by atoms with van der Waals surface area (Å²) < 4.78 is 0. The molecular formula is C18H28N2. The summed E-state index contributed by atoms with van der Waals surface area (Å²) in [5.41, 5.74) is 1.49. The second-order valence-electron chi connectivity index (χ2n) is 6.65. The van der Waals surface area contributed by atoms with Crippen LogP contribution in [0.2, 0.25) is 0 Å². The van der Waals surface area contributed by atoms with Crippen LogP contribution >= 0.6 is 0 Å². The lowest BCUT2D eigenvalue weighted by Gasteiger charge is -2.40. The molecule has 3 atom stereocenters. The maximum atomic E-state index is 3.63. The largest absolute Gasteiger partial charge is 0.315 e. The second kappa shape index (κ2) is 6.73. The molecule has 1 aromatic carbocycles. The van der Waals surface area contributed by atoms with Crippen LogP contribution in [-0.2, 0) is 0 Å². The third-order valence-corrected chi connectivity index (χ3v) is 5.07. The molecule has 2 heteroatoms. The van der Waals surface area contributed by atoms with Gasteiger partial charge in [-0.05, 0) is 37.3 Å². The maximum Gasteiger partial charge on any atom is 0.0475 e. The summed E-state index contributed by atoms with van der Waals surface area (Å²) >= 11 is 0. The topological polar surface area (TPSA) is 15.3 Å². The molecule has 1 aliphatic heterocycles. The number of benzene rings is 1. The molecule has 0 amide bonds. The number of rotatable bonds is 2. The summed E-state index contributed by atoms with van der Waals surface area (Å²) in [7, 11) is 0. The van der Waals surface area contributed by atoms with Crippen LogP contribution in [0.5, 0.6) is 0 Å². The summed E-state index contributed by atoms with van der Waals surface area (Å²) in [5, 5.41) is 3.63. The normalized spacial score (nSPS) is 32.8. The highest BCUT2D eigenvalue weighted by Crippen LogP contribution is 2.33. The van der Waals surface area contributed by atoms with Crippen molar-refractivity contribution >= 4 is 0 Å². The lowest BCUT2D eigenvalue weighted by atomic mass is 9.85. The van der Waals surface area contributed by atoms with E-state index in [0.29, 0.717) is 6.04 Å². The molecule has 1 aromatic rings. The first-order chi connectivity index (χ1) is 9.84. The molecule has 0 bridgehead atoms.